The third-order valence-electron chi connectivity index (χ3n) is 5.11. The van der Waals surface area contributed by atoms with E-state index in [0.29, 0.717) is 24.0 Å². The van der Waals surface area contributed by atoms with Crippen molar-refractivity contribution in [3.05, 3.63) is 75.8 Å². The van der Waals surface area contributed by atoms with E-state index in [1.165, 1.54) is 18.2 Å². The van der Waals surface area contributed by atoms with Crippen molar-refractivity contribution in [1.82, 2.24) is 20.2 Å². The van der Waals surface area contributed by atoms with E-state index in [-0.39, 0.29) is 29.5 Å². The molecule has 1 unspecified atom stereocenters. The van der Waals surface area contributed by atoms with Gasteiger partial charge < -0.3 is 10.3 Å². The Morgan fingerprint density at radius 3 is 2.72 bits per heavy atom. The number of piperidine rings is 1. The zero-order valence-electron chi connectivity index (χ0n) is 15.6. The number of likely N-dealkylation sites (tertiary alicyclic amines) is 1. The largest absolute Gasteiger partial charge is 0.345 e. The van der Waals surface area contributed by atoms with Crippen molar-refractivity contribution in [2.24, 2.45) is 0 Å². The Morgan fingerprint density at radius 2 is 1.93 bits per heavy atom. The van der Waals surface area contributed by atoms with E-state index in [9.17, 15) is 18.4 Å². The van der Waals surface area contributed by atoms with E-state index in [4.69, 9.17) is 0 Å². The lowest BCUT2D eigenvalue weighted by atomic mass is 10.0. The smallest absolute Gasteiger partial charge is 0.287 e. The van der Waals surface area contributed by atoms with Crippen molar-refractivity contribution >= 4 is 16.8 Å². The third-order valence-corrected chi connectivity index (χ3v) is 5.11. The van der Waals surface area contributed by atoms with Gasteiger partial charge in [0.2, 0.25) is 0 Å². The standard InChI is InChI=1S/C21H20F2N4O2/c22-16-7-3-8-17(23)15(16)12-27-10-4-5-13(11-27)24-21(29)19-25-18-9-2-1-6-14(18)20(28)26-19/h1-3,6-9,13H,4-5,10-12H2,(H,24,29)(H,25,26,28). The lowest BCUT2D eigenvalue weighted by Crippen LogP contribution is -2.48. The SMILES string of the molecule is O=C(NC1CCCN(Cc2c(F)cccc2F)C1)c1nc2ccccc2c(=O)[nH]1. The molecular formula is C21H20F2N4O2. The Balaban J connectivity index is 1.45. The summed E-state index contributed by atoms with van der Waals surface area (Å²) in [6, 6.07) is 10.4. The molecule has 1 saturated heterocycles. The lowest BCUT2D eigenvalue weighted by molar-refractivity contribution is 0.0889. The first-order chi connectivity index (χ1) is 14.0. The molecule has 2 heterocycles. The second-order valence-corrected chi connectivity index (χ2v) is 7.18. The molecule has 0 aliphatic carbocycles. The summed E-state index contributed by atoms with van der Waals surface area (Å²) in [5, 5.41) is 3.29. The van der Waals surface area contributed by atoms with Gasteiger partial charge in [-0.05, 0) is 43.7 Å². The highest BCUT2D eigenvalue weighted by Crippen LogP contribution is 2.18. The van der Waals surface area contributed by atoms with Crippen LogP contribution in [0, 0.1) is 11.6 Å². The maximum absolute atomic E-state index is 13.9. The molecule has 2 aromatic carbocycles. The van der Waals surface area contributed by atoms with Gasteiger partial charge in [-0.3, -0.25) is 14.5 Å². The van der Waals surface area contributed by atoms with E-state index in [1.54, 1.807) is 24.3 Å². The summed E-state index contributed by atoms with van der Waals surface area (Å²) in [5.74, 6) is -1.68. The van der Waals surface area contributed by atoms with Crippen LogP contribution in [0.2, 0.25) is 0 Å². The zero-order chi connectivity index (χ0) is 20.4. The van der Waals surface area contributed by atoms with Crippen LogP contribution in [0.15, 0.2) is 47.3 Å². The van der Waals surface area contributed by atoms with Crippen LogP contribution in [0.5, 0.6) is 0 Å². The monoisotopic (exact) mass is 398 g/mol. The van der Waals surface area contributed by atoms with Crippen LogP contribution in [0.3, 0.4) is 0 Å². The molecule has 1 fully saturated rings. The van der Waals surface area contributed by atoms with E-state index in [0.717, 1.165) is 12.8 Å². The fraction of sp³-hybridized carbons (Fsp3) is 0.286. The first-order valence-corrected chi connectivity index (χ1v) is 9.46. The molecule has 150 valence electrons. The molecule has 1 atom stereocenters. The molecule has 0 spiro atoms. The van der Waals surface area contributed by atoms with E-state index < -0.39 is 17.5 Å². The van der Waals surface area contributed by atoms with Gasteiger partial charge in [0.25, 0.3) is 11.5 Å². The highest BCUT2D eigenvalue weighted by atomic mass is 19.1. The summed E-state index contributed by atoms with van der Waals surface area (Å²) >= 11 is 0. The van der Waals surface area contributed by atoms with Crippen LogP contribution in [-0.4, -0.2) is 39.9 Å². The number of halogens is 2. The highest BCUT2D eigenvalue weighted by molar-refractivity contribution is 5.92. The summed E-state index contributed by atoms with van der Waals surface area (Å²) in [7, 11) is 0. The summed E-state index contributed by atoms with van der Waals surface area (Å²) in [6.45, 7) is 1.28. The van der Waals surface area contributed by atoms with Crippen molar-refractivity contribution < 1.29 is 13.6 Å². The Hall–Kier alpha value is -3.13. The van der Waals surface area contributed by atoms with E-state index >= 15 is 0 Å². The van der Waals surface area contributed by atoms with Crippen LogP contribution in [0.25, 0.3) is 10.9 Å². The van der Waals surface area contributed by atoms with E-state index in [2.05, 4.69) is 15.3 Å². The first kappa shape index (κ1) is 19.2. The Labute approximate surface area is 165 Å². The van der Waals surface area contributed by atoms with Crippen molar-refractivity contribution in [3.63, 3.8) is 0 Å². The highest BCUT2D eigenvalue weighted by Gasteiger charge is 2.24. The molecule has 1 aliphatic heterocycles. The molecule has 0 bridgehead atoms. The number of aromatic amines is 1. The number of amides is 1. The molecule has 1 amide bonds. The van der Waals surface area contributed by atoms with Gasteiger partial charge in [-0.15, -0.1) is 0 Å². The topological polar surface area (TPSA) is 78.1 Å². The Bertz CT molecular complexity index is 1100. The number of rotatable bonds is 4. The van der Waals surface area contributed by atoms with Crippen molar-refractivity contribution in [2.45, 2.75) is 25.4 Å². The van der Waals surface area contributed by atoms with Gasteiger partial charge in [0.05, 0.1) is 10.9 Å². The molecule has 2 N–H and O–H groups in total. The number of H-pyrrole nitrogens is 1. The van der Waals surface area contributed by atoms with Crippen molar-refractivity contribution in [1.29, 1.82) is 0 Å². The summed E-state index contributed by atoms with van der Waals surface area (Å²) in [6.07, 6.45) is 1.52. The molecule has 3 aromatic rings. The maximum Gasteiger partial charge on any atom is 0.287 e. The molecule has 8 heteroatoms. The summed E-state index contributed by atoms with van der Waals surface area (Å²) in [4.78, 5) is 33.4. The van der Waals surface area contributed by atoms with Crippen LogP contribution in [-0.2, 0) is 6.54 Å². The zero-order valence-corrected chi connectivity index (χ0v) is 15.6. The minimum atomic E-state index is -0.575. The number of aromatic nitrogens is 2. The summed E-state index contributed by atoms with van der Waals surface area (Å²) in [5.41, 5.74) is 0.0998. The van der Waals surface area contributed by atoms with Crippen LogP contribution < -0.4 is 10.9 Å². The van der Waals surface area contributed by atoms with Crippen LogP contribution in [0.4, 0.5) is 8.78 Å². The van der Waals surface area contributed by atoms with Gasteiger partial charge in [0.15, 0.2) is 5.82 Å². The van der Waals surface area contributed by atoms with Crippen LogP contribution in [0.1, 0.15) is 29.0 Å². The number of benzene rings is 2. The number of fused-ring (bicyclic) bond motifs is 1. The van der Waals surface area contributed by atoms with Gasteiger partial charge in [-0.1, -0.05) is 18.2 Å². The average molecular weight is 398 g/mol. The van der Waals surface area contributed by atoms with Crippen LogP contribution >= 0.6 is 0 Å². The van der Waals surface area contributed by atoms with Gasteiger partial charge in [0.1, 0.15) is 11.6 Å². The van der Waals surface area contributed by atoms with Gasteiger partial charge >= 0.3 is 0 Å². The molecule has 29 heavy (non-hydrogen) atoms. The van der Waals surface area contributed by atoms with E-state index in [1.807, 2.05) is 4.90 Å². The second-order valence-electron chi connectivity index (χ2n) is 7.18. The summed E-state index contributed by atoms with van der Waals surface area (Å²) < 4.78 is 27.8. The predicted molar refractivity (Wildman–Crippen MR) is 104 cm³/mol. The first-order valence-electron chi connectivity index (χ1n) is 9.46. The number of nitrogens with one attached hydrogen (secondary N) is 2. The predicted octanol–water partition coefficient (Wildman–Crippen LogP) is 2.60. The quantitative estimate of drug-likeness (QED) is 0.708. The molecular weight excluding hydrogens is 378 g/mol. The molecule has 1 aromatic heterocycles. The molecule has 4 rings (SSSR count). The third kappa shape index (κ3) is 4.17. The van der Waals surface area contributed by atoms with Gasteiger partial charge in [-0.2, -0.15) is 0 Å². The number of hydrogen-bond acceptors (Lipinski definition) is 4. The van der Waals surface area contributed by atoms with Gasteiger partial charge in [0, 0.05) is 24.7 Å². The maximum atomic E-state index is 13.9. The van der Waals surface area contributed by atoms with Gasteiger partial charge in [-0.25, -0.2) is 13.8 Å². The Kier molecular flexibility index (Phi) is 5.35. The minimum Gasteiger partial charge on any atom is -0.345 e. The number of hydrogen-bond donors (Lipinski definition) is 2. The minimum absolute atomic E-state index is 0.0278. The normalized spacial score (nSPS) is 17.4. The van der Waals surface area contributed by atoms with Crippen molar-refractivity contribution in [2.75, 3.05) is 13.1 Å². The molecule has 0 saturated carbocycles. The average Bonchev–Trinajstić information content (AvgIpc) is 2.71. The molecule has 1 aliphatic rings. The molecule has 0 radical (unpaired) electrons. The molecule has 6 nitrogen and oxygen atoms in total. The number of carbonyl (C=O) groups is 1. The number of nitrogens with zero attached hydrogens (tertiary/aromatic N) is 2. The lowest BCUT2D eigenvalue weighted by Gasteiger charge is -2.33. The number of para-hydroxylation sites is 1. The Morgan fingerprint density at radius 1 is 1.17 bits per heavy atom. The fourth-order valence-electron chi connectivity index (χ4n) is 3.67. The van der Waals surface area contributed by atoms with Crippen molar-refractivity contribution in [3.8, 4) is 0 Å². The number of carbonyl (C=O) groups excluding carboxylic acids is 1. The fourth-order valence-corrected chi connectivity index (χ4v) is 3.67. The second kappa shape index (κ2) is 8.08.